The Bertz CT molecular complexity index is 805. The van der Waals surface area contributed by atoms with Crippen LogP contribution in [0.15, 0.2) is 42.5 Å². The van der Waals surface area contributed by atoms with Crippen molar-refractivity contribution in [3.05, 3.63) is 52.4 Å². The molecule has 1 N–H and O–H groups in total. The number of allylic oxidation sites excluding steroid dienone is 3. The summed E-state index contributed by atoms with van der Waals surface area (Å²) >= 11 is 1.85. The van der Waals surface area contributed by atoms with Gasteiger partial charge in [0.15, 0.2) is 0 Å². The maximum atomic E-state index is 4.78. The van der Waals surface area contributed by atoms with Crippen LogP contribution in [-0.2, 0) is 0 Å². The van der Waals surface area contributed by atoms with Gasteiger partial charge in [-0.25, -0.2) is 15.0 Å². The predicted molar refractivity (Wildman–Crippen MR) is 115 cm³/mol. The molecule has 3 rings (SSSR count). The number of rotatable bonds is 6. The first-order valence-corrected chi connectivity index (χ1v) is 10.7. The lowest BCUT2D eigenvalue weighted by atomic mass is 9.72. The molecule has 1 aliphatic carbocycles. The molecule has 0 bridgehead atoms. The highest BCUT2D eigenvalue weighted by Crippen LogP contribution is 2.44. The number of hydrogen-bond acceptors (Lipinski definition) is 5. The molecule has 1 unspecified atom stereocenters. The van der Waals surface area contributed by atoms with E-state index in [1.54, 1.807) is 12.4 Å². The Morgan fingerprint density at radius 2 is 2.07 bits per heavy atom. The van der Waals surface area contributed by atoms with Gasteiger partial charge in [-0.2, -0.15) is 0 Å². The number of hydrogen-bond donors (Lipinski definition) is 1. The Balaban J connectivity index is 1.75. The quantitative estimate of drug-likeness (QED) is 0.585. The van der Waals surface area contributed by atoms with Crippen LogP contribution in [-0.4, -0.2) is 15.0 Å². The van der Waals surface area contributed by atoms with Crippen LogP contribution in [0.4, 0.5) is 5.95 Å². The van der Waals surface area contributed by atoms with Crippen molar-refractivity contribution in [1.82, 2.24) is 15.0 Å². The normalized spacial score (nSPS) is 20.5. The van der Waals surface area contributed by atoms with Crippen LogP contribution < -0.4 is 5.32 Å². The fourth-order valence-electron chi connectivity index (χ4n) is 3.73. The predicted octanol–water partition coefficient (Wildman–Crippen LogP) is 6.43. The second-order valence-corrected chi connectivity index (χ2v) is 9.17. The van der Waals surface area contributed by atoms with Gasteiger partial charge in [0, 0.05) is 30.2 Å². The molecule has 1 fully saturated rings. The standard InChI is InChI=1S/C22H30N4S/c1-5-8-18(26-21-23-11-7-12-24-21)13-16(2)19-15-25-20(27-19)17-9-6-10-22(3,4)14-17/h7-8,11-13,15,17H,5-6,9-10,14H2,1-4H3,(H,23,24,26)/b16-13+,18-8+. The van der Waals surface area contributed by atoms with E-state index in [9.17, 15) is 0 Å². The van der Waals surface area contributed by atoms with Gasteiger partial charge in [0.05, 0.1) is 9.88 Å². The van der Waals surface area contributed by atoms with E-state index in [4.69, 9.17) is 4.98 Å². The Labute approximate surface area is 166 Å². The van der Waals surface area contributed by atoms with Gasteiger partial charge in [0.2, 0.25) is 5.95 Å². The minimum Gasteiger partial charge on any atom is -0.324 e. The SMILES string of the molecule is CC/C=C(\C=C(/C)c1cnc(C2CCCC(C)(C)C2)s1)Nc1ncccn1. The molecule has 4 nitrogen and oxygen atoms in total. The highest BCUT2D eigenvalue weighted by Gasteiger charge is 2.30. The van der Waals surface area contributed by atoms with E-state index in [1.165, 1.54) is 41.1 Å². The van der Waals surface area contributed by atoms with Gasteiger partial charge in [-0.3, -0.25) is 0 Å². The number of nitrogens with zero attached hydrogens (tertiary/aromatic N) is 3. The van der Waals surface area contributed by atoms with E-state index in [0.717, 1.165) is 12.1 Å². The van der Waals surface area contributed by atoms with Crippen LogP contribution in [0, 0.1) is 5.41 Å². The molecule has 27 heavy (non-hydrogen) atoms. The fourth-order valence-corrected chi connectivity index (χ4v) is 4.75. The lowest BCUT2D eigenvalue weighted by Crippen LogP contribution is -2.21. The van der Waals surface area contributed by atoms with Crippen molar-refractivity contribution in [2.24, 2.45) is 5.41 Å². The molecule has 2 heterocycles. The molecule has 0 amide bonds. The lowest BCUT2D eigenvalue weighted by molar-refractivity contribution is 0.219. The molecule has 2 aromatic rings. The van der Waals surface area contributed by atoms with E-state index in [2.05, 4.69) is 55.1 Å². The van der Waals surface area contributed by atoms with Crippen molar-refractivity contribution in [3.63, 3.8) is 0 Å². The number of nitrogens with one attached hydrogen (secondary N) is 1. The maximum absolute atomic E-state index is 4.78. The summed E-state index contributed by atoms with van der Waals surface area (Å²) in [5, 5.41) is 4.61. The van der Waals surface area contributed by atoms with E-state index in [1.807, 2.05) is 23.6 Å². The molecule has 1 saturated carbocycles. The van der Waals surface area contributed by atoms with Crippen molar-refractivity contribution in [3.8, 4) is 0 Å². The second-order valence-electron chi connectivity index (χ2n) is 8.11. The van der Waals surface area contributed by atoms with Crippen molar-refractivity contribution < 1.29 is 0 Å². The van der Waals surface area contributed by atoms with Crippen LogP contribution in [0.25, 0.3) is 5.57 Å². The third kappa shape index (κ3) is 5.48. The summed E-state index contributed by atoms with van der Waals surface area (Å²) < 4.78 is 0. The molecule has 2 aromatic heterocycles. The summed E-state index contributed by atoms with van der Waals surface area (Å²) in [6.45, 7) is 9.06. The Kier molecular flexibility index (Phi) is 6.42. The molecule has 0 spiro atoms. The van der Waals surface area contributed by atoms with E-state index in [0.29, 0.717) is 17.3 Å². The average Bonchev–Trinajstić information content (AvgIpc) is 3.12. The molecule has 144 valence electrons. The zero-order valence-electron chi connectivity index (χ0n) is 16.8. The topological polar surface area (TPSA) is 50.7 Å². The Morgan fingerprint density at radius 1 is 1.30 bits per heavy atom. The summed E-state index contributed by atoms with van der Waals surface area (Å²) in [5.41, 5.74) is 2.68. The number of anilines is 1. The average molecular weight is 383 g/mol. The number of aromatic nitrogens is 3. The monoisotopic (exact) mass is 382 g/mol. The molecule has 5 heteroatoms. The first kappa shape index (κ1) is 19.7. The molecule has 0 radical (unpaired) electrons. The van der Waals surface area contributed by atoms with Gasteiger partial charge in [0.25, 0.3) is 0 Å². The zero-order valence-corrected chi connectivity index (χ0v) is 17.6. The maximum Gasteiger partial charge on any atom is 0.227 e. The van der Waals surface area contributed by atoms with E-state index < -0.39 is 0 Å². The lowest BCUT2D eigenvalue weighted by Gasteiger charge is -2.34. The smallest absolute Gasteiger partial charge is 0.227 e. The molecule has 1 aliphatic rings. The van der Waals surface area contributed by atoms with Crippen LogP contribution in [0.3, 0.4) is 0 Å². The number of thiazole rings is 1. The van der Waals surface area contributed by atoms with Gasteiger partial charge in [-0.05, 0) is 55.7 Å². The molecule has 1 atom stereocenters. The summed E-state index contributed by atoms with van der Waals surface area (Å²) in [7, 11) is 0. The summed E-state index contributed by atoms with van der Waals surface area (Å²) in [6, 6.07) is 1.82. The summed E-state index contributed by atoms with van der Waals surface area (Å²) in [5.74, 6) is 1.23. The summed E-state index contributed by atoms with van der Waals surface area (Å²) in [6.07, 6.45) is 16.0. The van der Waals surface area contributed by atoms with Crippen molar-refractivity contribution in [1.29, 1.82) is 0 Å². The van der Waals surface area contributed by atoms with Gasteiger partial charge in [-0.15, -0.1) is 11.3 Å². The Hall–Kier alpha value is -2.01. The first-order valence-electron chi connectivity index (χ1n) is 9.85. The van der Waals surface area contributed by atoms with Crippen LogP contribution >= 0.6 is 11.3 Å². The largest absolute Gasteiger partial charge is 0.324 e. The minimum absolute atomic E-state index is 0.441. The van der Waals surface area contributed by atoms with E-state index >= 15 is 0 Å². The molecule has 0 aliphatic heterocycles. The first-order chi connectivity index (χ1) is 13.0. The van der Waals surface area contributed by atoms with Gasteiger partial charge < -0.3 is 5.32 Å². The third-order valence-electron chi connectivity index (χ3n) is 5.08. The van der Waals surface area contributed by atoms with Gasteiger partial charge >= 0.3 is 0 Å². The van der Waals surface area contributed by atoms with Crippen molar-refractivity contribution in [2.75, 3.05) is 5.32 Å². The van der Waals surface area contributed by atoms with E-state index in [-0.39, 0.29) is 0 Å². The van der Waals surface area contributed by atoms with Gasteiger partial charge in [0.1, 0.15) is 0 Å². The molecule has 0 aromatic carbocycles. The molecule has 0 saturated heterocycles. The van der Waals surface area contributed by atoms with Crippen LogP contribution in [0.2, 0.25) is 0 Å². The highest BCUT2D eigenvalue weighted by atomic mass is 32.1. The third-order valence-corrected chi connectivity index (χ3v) is 6.38. The Morgan fingerprint density at radius 3 is 2.78 bits per heavy atom. The van der Waals surface area contributed by atoms with Crippen LogP contribution in [0.5, 0.6) is 0 Å². The molecular formula is C22H30N4S. The van der Waals surface area contributed by atoms with Gasteiger partial charge in [-0.1, -0.05) is 33.3 Å². The molecular weight excluding hydrogens is 352 g/mol. The fraction of sp³-hybridized carbons (Fsp3) is 0.500. The van der Waals surface area contributed by atoms with Crippen molar-refractivity contribution in [2.45, 2.75) is 65.7 Å². The van der Waals surface area contributed by atoms with Crippen molar-refractivity contribution >= 4 is 22.9 Å². The second kappa shape index (κ2) is 8.79. The minimum atomic E-state index is 0.441. The highest BCUT2D eigenvalue weighted by molar-refractivity contribution is 7.12. The zero-order chi connectivity index (χ0) is 19.3. The summed E-state index contributed by atoms with van der Waals surface area (Å²) in [4.78, 5) is 14.5. The van der Waals surface area contributed by atoms with Crippen LogP contribution in [0.1, 0.15) is 75.6 Å².